The molecule has 0 unspecified atom stereocenters. The summed E-state index contributed by atoms with van der Waals surface area (Å²) in [6.45, 7) is 1.94. The number of nitrogens with one attached hydrogen (secondary N) is 1. The molecule has 2 aliphatic rings. The molecule has 0 aliphatic carbocycles. The van der Waals surface area contributed by atoms with Gasteiger partial charge in [0.1, 0.15) is 4.90 Å². The van der Waals surface area contributed by atoms with Crippen LogP contribution in [-0.2, 0) is 10.0 Å². The van der Waals surface area contributed by atoms with Gasteiger partial charge in [0.15, 0.2) is 5.84 Å². The Hall–Kier alpha value is -1.11. The van der Waals surface area contributed by atoms with Crippen molar-refractivity contribution in [1.82, 2.24) is 10.2 Å². The second-order valence-corrected chi connectivity index (χ2v) is 6.55. The molecule has 5 nitrogen and oxygen atoms in total. The Balaban J connectivity index is 0.00000147. The molecule has 0 bridgehead atoms. The number of piperidine rings is 1. The van der Waals surface area contributed by atoms with E-state index in [1.165, 1.54) is 0 Å². The number of hydrogen-bond donors (Lipinski definition) is 1. The van der Waals surface area contributed by atoms with Crippen LogP contribution in [-0.4, -0.2) is 45.3 Å². The van der Waals surface area contributed by atoms with E-state index in [0.717, 1.165) is 31.5 Å². The van der Waals surface area contributed by atoms with E-state index in [1.54, 1.807) is 12.1 Å². The lowest BCUT2D eigenvalue weighted by molar-refractivity contribution is 0.290. The van der Waals surface area contributed by atoms with Crippen LogP contribution in [0.1, 0.15) is 18.4 Å². The molecule has 110 valence electrons. The molecule has 0 saturated carbocycles. The fourth-order valence-electron chi connectivity index (χ4n) is 2.71. The third-order valence-electron chi connectivity index (χ3n) is 3.80. The van der Waals surface area contributed by atoms with Crippen LogP contribution in [0.5, 0.6) is 0 Å². The van der Waals surface area contributed by atoms with Gasteiger partial charge in [0.2, 0.25) is 0 Å². The summed E-state index contributed by atoms with van der Waals surface area (Å²) < 4.78 is 28.0. The summed E-state index contributed by atoms with van der Waals surface area (Å²) in [4.78, 5) is 2.34. The molecule has 20 heavy (non-hydrogen) atoms. The molecule has 1 saturated heterocycles. The molecule has 0 radical (unpaired) electrons. The fraction of sp³-hybridized carbons (Fsp3) is 0.462. The molecule has 0 amide bonds. The molecular weight excluding hydrogens is 298 g/mol. The lowest BCUT2D eigenvalue weighted by Crippen LogP contribution is -2.43. The molecule has 7 heteroatoms. The van der Waals surface area contributed by atoms with E-state index in [9.17, 15) is 8.42 Å². The van der Waals surface area contributed by atoms with Gasteiger partial charge in [-0.2, -0.15) is 8.42 Å². The van der Waals surface area contributed by atoms with E-state index >= 15 is 0 Å². The van der Waals surface area contributed by atoms with E-state index in [1.807, 2.05) is 24.1 Å². The predicted molar refractivity (Wildman–Crippen MR) is 81.1 cm³/mol. The summed E-state index contributed by atoms with van der Waals surface area (Å²) in [5.41, 5.74) is 0.725. The maximum atomic E-state index is 12.0. The Morgan fingerprint density at radius 1 is 1.25 bits per heavy atom. The number of nitrogens with zero attached hydrogens (tertiary/aromatic N) is 2. The maximum Gasteiger partial charge on any atom is 0.285 e. The average molecular weight is 316 g/mol. The van der Waals surface area contributed by atoms with Crippen molar-refractivity contribution in [3.63, 3.8) is 0 Å². The van der Waals surface area contributed by atoms with Gasteiger partial charge in [-0.15, -0.1) is 16.8 Å². The first-order valence-electron chi connectivity index (χ1n) is 6.47. The summed E-state index contributed by atoms with van der Waals surface area (Å²) in [6.07, 6.45) is 2.02. The Labute approximate surface area is 125 Å². The summed E-state index contributed by atoms with van der Waals surface area (Å²) in [6, 6.07) is 7.39. The van der Waals surface area contributed by atoms with Gasteiger partial charge in [-0.1, -0.05) is 12.1 Å². The van der Waals surface area contributed by atoms with Crippen molar-refractivity contribution in [2.45, 2.75) is 23.8 Å². The number of fused-ring (bicyclic) bond motifs is 1. The van der Waals surface area contributed by atoms with E-state index in [2.05, 4.69) is 9.71 Å². The molecule has 2 heterocycles. The molecule has 1 aromatic rings. The Bertz CT molecular complexity index is 624. The van der Waals surface area contributed by atoms with Gasteiger partial charge in [0.05, 0.1) is 0 Å². The largest absolute Gasteiger partial charge is 0.355 e. The molecule has 3 rings (SSSR count). The number of rotatable bonds is 1. The summed E-state index contributed by atoms with van der Waals surface area (Å²) in [7, 11) is -1.57. The number of benzene rings is 1. The first-order valence-corrected chi connectivity index (χ1v) is 7.91. The number of amidine groups is 1. The summed E-state index contributed by atoms with van der Waals surface area (Å²) in [5, 5.41) is 3.31. The normalized spacial score (nSPS) is 20.8. The predicted octanol–water partition coefficient (Wildman–Crippen LogP) is 1.24. The van der Waals surface area contributed by atoms with Gasteiger partial charge in [-0.25, -0.2) is 0 Å². The van der Waals surface area contributed by atoms with Gasteiger partial charge in [0.25, 0.3) is 10.0 Å². The van der Waals surface area contributed by atoms with Crippen molar-refractivity contribution in [2.24, 2.45) is 4.40 Å². The first kappa shape index (κ1) is 15.3. The molecule has 1 aromatic carbocycles. The van der Waals surface area contributed by atoms with Gasteiger partial charge in [-0.05, 0) is 38.1 Å². The van der Waals surface area contributed by atoms with Crippen molar-refractivity contribution in [1.29, 1.82) is 0 Å². The third kappa shape index (κ3) is 2.55. The minimum absolute atomic E-state index is 0. The SMILES string of the molecule is CN(C1=NS(=O)(=O)c2ccccc21)C1CCNCC1.Cl. The van der Waals surface area contributed by atoms with Crippen molar-refractivity contribution < 1.29 is 8.42 Å². The van der Waals surface area contributed by atoms with Gasteiger partial charge < -0.3 is 10.2 Å². The monoisotopic (exact) mass is 315 g/mol. The zero-order valence-corrected chi connectivity index (χ0v) is 12.9. The lowest BCUT2D eigenvalue weighted by atomic mass is 10.0. The molecule has 0 atom stereocenters. The van der Waals surface area contributed by atoms with Crippen LogP contribution in [0.25, 0.3) is 0 Å². The van der Waals surface area contributed by atoms with E-state index < -0.39 is 10.0 Å². The topological polar surface area (TPSA) is 61.8 Å². The van der Waals surface area contributed by atoms with Crippen LogP contribution >= 0.6 is 12.4 Å². The van der Waals surface area contributed by atoms with Crippen LogP contribution in [0.4, 0.5) is 0 Å². The first-order chi connectivity index (χ1) is 9.09. The minimum atomic E-state index is -3.51. The van der Waals surface area contributed by atoms with Crippen LogP contribution in [0.3, 0.4) is 0 Å². The highest BCUT2D eigenvalue weighted by Crippen LogP contribution is 2.28. The van der Waals surface area contributed by atoms with Gasteiger partial charge >= 0.3 is 0 Å². The smallest absolute Gasteiger partial charge is 0.285 e. The number of halogens is 1. The lowest BCUT2D eigenvalue weighted by Gasteiger charge is -2.32. The minimum Gasteiger partial charge on any atom is -0.355 e. The van der Waals surface area contributed by atoms with Crippen LogP contribution in [0, 0.1) is 0 Å². The molecule has 0 aromatic heterocycles. The number of sulfonamides is 1. The zero-order valence-electron chi connectivity index (χ0n) is 11.2. The second-order valence-electron chi connectivity index (χ2n) is 4.98. The van der Waals surface area contributed by atoms with Crippen LogP contribution in [0.15, 0.2) is 33.6 Å². The van der Waals surface area contributed by atoms with E-state index in [-0.39, 0.29) is 12.4 Å². The van der Waals surface area contributed by atoms with Crippen molar-refractivity contribution >= 4 is 28.3 Å². The average Bonchev–Trinajstić information content (AvgIpc) is 2.72. The Kier molecular flexibility index (Phi) is 4.36. The molecule has 1 fully saturated rings. The van der Waals surface area contributed by atoms with Gasteiger partial charge in [-0.3, -0.25) is 0 Å². The van der Waals surface area contributed by atoms with Crippen molar-refractivity contribution in [3.8, 4) is 0 Å². The second kappa shape index (κ2) is 5.71. The van der Waals surface area contributed by atoms with Crippen molar-refractivity contribution in [2.75, 3.05) is 20.1 Å². The Morgan fingerprint density at radius 2 is 1.90 bits per heavy atom. The van der Waals surface area contributed by atoms with Crippen LogP contribution in [0.2, 0.25) is 0 Å². The molecule has 1 N–H and O–H groups in total. The van der Waals surface area contributed by atoms with Gasteiger partial charge in [0, 0.05) is 18.7 Å². The Morgan fingerprint density at radius 3 is 2.60 bits per heavy atom. The quantitative estimate of drug-likeness (QED) is 0.847. The fourth-order valence-corrected chi connectivity index (χ4v) is 3.95. The summed E-state index contributed by atoms with van der Waals surface area (Å²) in [5.74, 6) is 0.586. The highest BCUT2D eigenvalue weighted by Gasteiger charge is 2.32. The third-order valence-corrected chi connectivity index (χ3v) is 5.13. The number of hydrogen-bond acceptors (Lipinski definition) is 4. The van der Waals surface area contributed by atoms with E-state index in [4.69, 9.17) is 0 Å². The highest BCUT2D eigenvalue weighted by molar-refractivity contribution is 7.90. The van der Waals surface area contributed by atoms with Crippen LogP contribution < -0.4 is 5.32 Å². The summed E-state index contributed by atoms with van der Waals surface area (Å²) >= 11 is 0. The molecular formula is C13H18ClN3O2S. The highest BCUT2D eigenvalue weighted by atomic mass is 35.5. The van der Waals surface area contributed by atoms with Crippen molar-refractivity contribution in [3.05, 3.63) is 29.8 Å². The standard InChI is InChI=1S/C13H17N3O2S.ClH/c1-16(10-6-8-14-9-7-10)13-11-4-2-3-5-12(11)19(17,18)15-13;/h2-5,10,14H,6-9H2,1H3;1H. The molecule has 2 aliphatic heterocycles. The molecule has 0 spiro atoms. The maximum absolute atomic E-state index is 12.0. The zero-order chi connectivity index (χ0) is 13.5. The van der Waals surface area contributed by atoms with E-state index in [0.29, 0.717) is 16.8 Å².